The van der Waals surface area contributed by atoms with Crippen molar-refractivity contribution >= 4 is 23.2 Å². The van der Waals surface area contributed by atoms with Gasteiger partial charge in [0, 0.05) is 38.8 Å². The van der Waals surface area contributed by atoms with Crippen molar-refractivity contribution in [1.82, 2.24) is 45.3 Å². The van der Waals surface area contributed by atoms with Crippen LogP contribution >= 0.6 is 0 Å². The normalized spacial score (nSPS) is 17.6. The highest BCUT2D eigenvalue weighted by molar-refractivity contribution is 6.06. The first kappa shape index (κ1) is 36.9. The Balaban J connectivity index is 1.36. The Morgan fingerprint density at radius 2 is 1.86 bits per heavy atom. The summed E-state index contributed by atoms with van der Waals surface area (Å²) in [6, 6.07) is 5.62. The maximum absolute atomic E-state index is 13.5. The molecule has 2 aliphatic heterocycles. The summed E-state index contributed by atoms with van der Waals surface area (Å²) >= 11 is 0. The summed E-state index contributed by atoms with van der Waals surface area (Å²) < 4.78 is 51.4. The van der Waals surface area contributed by atoms with Crippen molar-refractivity contribution in [1.29, 1.82) is 0 Å². The molecule has 50 heavy (non-hydrogen) atoms. The molecule has 2 N–H and O–H groups in total. The highest BCUT2D eigenvalue weighted by atomic mass is 19.4. The predicted molar refractivity (Wildman–Crippen MR) is 178 cm³/mol. The predicted octanol–water partition coefficient (Wildman–Crippen LogP) is 2.74. The van der Waals surface area contributed by atoms with E-state index in [0.29, 0.717) is 48.8 Å². The van der Waals surface area contributed by atoms with Gasteiger partial charge in [0.15, 0.2) is 5.69 Å². The molecule has 5 rings (SSSR count). The molecule has 2 amide bonds. The van der Waals surface area contributed by atoms with Gasteiger partial charge in [-0.25, -0.2) is 4.68 Å². The van der Waals surface area contributed by atoms with Crippen molar-refractivity contribution in [2.45, 2.75) is 45.8 Å². The van der Waals surface area contributed by atoms with Crippen LogP contribution in [0.3, 0.4) is 0 Å². The number of ether oxygens (including phenoxy) is 2. The number of nitrogens with zero attached hydrogens (tertiary/aromatic N) is 9. The van der Waals surface area contributed by atoms with Crippen molar-refractivity contribution in [2.75, 3.05) is 82.9 Å². The van der Waals surface area contributed by atoms with Gasteiger partial charge in [0.05, 0.1) is 43.6 Å². The summed E-state index contributed by atoms with van der Waals surface area (Å²) in [6.07, 6.45) is -1.67. The van der Waals surface area contributed by atoms with E-state index in [9.17, 15) is 22.8 Å². The second kappa shape index (κ2) is 16.5. The van der Waals surface area contributed by atoms with Gasteiger partial charge in [0.1, 0.15) is 0 Å². The smallest absolute Gasteiger partial charge is 0.453 e. The number of benzene rings is 1. The number of carbonyl (C=O) groups is 2. The molecule has 272 valence electrons. The molecule has 3 aromatic rings. The molecule has 1 unspecified atom stereocenters. The third-order valence-corrected chi connectivity index (χ3v) is 9.21. The van der Waals surface area contributed by atoms with Crippen molar-refractivity contribution in [3.8, 4) is 11.6 Å². The first-order valence-corrected chi connectivity index (χ1v) is 16.8. The number of halogens is 3. The molecule has 2 aliphatic rings. The minimum Gasteiger partial charge on any atom is -0.479 e. The van der Waals surface area contributed by atoms with E-state index in [-0.39, 0.29) is 11.6 Å². The molecular formula is C32H44F3N11O4. The van der Waals surface area contributed by atoms with Gasteiger partial charge in [-0.1, -0.05) is 19.1 Å². The average Bonchev–Trinajstić information content (AvgIpc) is 3.82. The highest BCUT2D eigenvalue weighted by Crippen LogP contribution is 2.35. The van der Waals surface area contributed by atoms with Crippen LogP contribution in [-0.2, 0) is 10.9 Å². The first-order valence-electron chi connectivity index (χ1n) is 16.8. The second-order valence-corrected chi connectivity index (χ2v) is 12.2. The number of carbonyl (C=O) groups excluding carboxylic acids is 2. The molecule has 1 aromatic carbocycles. The van der Waals surface area contributed by atoms with Crippen LogP contribution in [0.4, 0.5) is 24.5 Å². The molecule has 0 spiro atoms. The Bertz CT molecular complexity index is 1610. The molecule has 4 heterocycles. The van der Waals surface area contributed by atoms with Crippen molar-refractivity contribution in [2.24, 2.45) is 5.92 Å². The molecule has 15 nitrogen and oxygen atoms in total. The van der Waals surface area contributed by atoms with Crippen LogP contribution in [0, 0.1) is 5.92 Å². The van der Waals surface area contributed by atoms with Gasteiger partial charge in [-0.05, 0) is 63.5 Å². The number of hydrogen-bond donors (Lipinski definition) is 2. The number of alkyl halides is 3. The van der Waals surface area contributed by atoms with Crippen LogP contribution in [-0.4, -0.2) is 131 Å². The number of amides is 2. The standard InChI is InChI=1S/C32H44F3N11O4/c1-5-44(6-2)21(3)22-10-13-45(19-22)26-9-8-23(18-24(26)37-29(48)27-30(49-4)38-31(41-40-27)32(33,34)35)46-20-25(39-42-46)28(47)36-11-7-12-43-14-16-50-17-15-43/h8-9,18,20-22H,5-7,10-17,19H2,1-4H3,(H,36,47)(H,37,48)/t21?,22-/m1/s1. The number of nitrogens with one attached hydrogen (secondary N) is 2. The number of anilines is 2. The summed E-state index contributed by atoms with van der Waals surface area (Å²) in [6.45, 7) is 14.3. The minimum atomic E-state index is -4.87. The average molecular weight is 704 g/mol. The maximum atomic E-state index is 13.5. The Morgan fingerprint density at radius 3 is 2.56 bits per heavy atom. The Kier molecular flexibility index (Phi) is 12.2. The van der Waals surface area contributed by atoms with E-state index in [0.717, 1.165) is 65.8 Å². The van der Waals surface area contributed by atoms with Gasteiger partial charge in [0.25, 0.3) is 17.6 Å². The lowest BCUT2D eigenvalue weighted by atomic mass is 9.99. The van der Waals surface area contributed by atoms with E-state index in [1.807, 2.05) is 6.07 Å². The Morgan fingerprint density at radius 1 is 1.10 bits per heavy atom. The Hall–Kier alpha value is -4.42. The van der Waals surface area contributed by atoms with Crippen LogP contribution in [0.2, 0.25) is 0 Å². The monoisotopic (exact) mass is 703 g/mol. The summed E-state index contributed by atoms with van der Waals surface area (Å²) in [5.74, 6) is -3.00. The summed E-state index contributed by atoms with van der Waals surface area (Å²) in [5, 5.41) is 20.5. The third kappa shape index (κ3) is 8.83. The van der Waals surface area contributed by atoms with Crippen molar-refractivity contribution in [3.05, 3.63) is 41.6 Å². The highest BCUT2D eigenvalue weighted by Gasteiger charge is 2.37. The quantitative estimate of drug-likeness (QED) is 0.237. The minimum absolute atomic E-state index is 0.120. The number of aromatic nitrogens is 6. The van der Waals surface area contributed by atoms with E-state index < -0.39 is 29.5 Å². The zero-order valence-corrected chi connectivity index (χ0v) is 28.7. The fourth-order valence-corrected chi connectivity index (χ4v) is 6.35. The Labute approximate surface area is 288 Å². The molecule has 2 fully saturated rings. The van der Waals surface area contributed by atoms with Crippen LogP contribution in [0.5, 0.6) is 5.88 Å². The molecule has 2 aromatic heterocycles. The first-order chi connectivity index (χ1) is 24.0. The number of rotatable bonds is 14. The molecule has 2 saturated heterocycles. The summed E-state index contributed by atoms with van der Waals surface area (Å²) in [4.78, 5) is 36.5. The SMILES string of the molecule is CCN(CC)C(C)[C@@H]1CCN(c2ccc(-n3cc(C(=O)NCCCN4CCOCC4)nn3)cc2NC(=O)c2nnc(C(F)(F)F)nc2OC)C1. The van der Waals surface area contributed by atoms with Crippen LogP contribution in [0.1, 0.15) is 60.4 Å². The zero-order valence-electron chi connectivity index (χ0n) is 28.7. The number of methoxy groups -OCH3 is 1. The summed E-state index contributed by atoms with van der Waals surface area (Å²) in [7, 11) is 1.09. The van der Waals surface area contributed by atoms with Gasteiger partial charge in [0.2, 0.25) is 11.6 Å². The fourth-order valence-electron chi connectivity index (χ4n) is 6.35. The fraction of sp³-hybridized carbons (Fsp3) is 0.594. The van der Waals surface area contributed by atoms with Gasteiger partial charge in [-0.15, -0.1) is 15.3 Å². The van der Waals surface area contributed by atoms with E-state index in [1.54, 1.807) is 12.1 Å². The third-order valence-electron chi connectivity index (χ3n) is 9.21. The molecule has 2 atom stereocenters. The lowest BCUT2D eigenvalue weighted by molar-refractivity contribution is -0.145. The lowest BCUT2D eigenvalue weighted by Crippen LogP contribution is -2.39. The van der Waals surface area contributed by atoms with Gasteiger partial charge >= 0.3 is 6.18 Å². The largest absolute Gasteiger partial charge is 0.479 e. The van der Waals surface area contributed by atoms with Gasteiger partial charge < -0.3 is 29.9 Å². The number of morpholine rings is 1. The van der Waals surface area contributed by atoms with E-state index >= 15 is 0 Å². The van der Waals surface area contributed by atoms with Crippen LogP contribution in [0.25, 0.3) is 5.69 Å². The number of hydrogen-bond acceptors (Lipinski definition) is 12. The van der Waals surface area contributed by atoms with Gasteiger partial charge in [-0.2, -0.15) is 18.2 Å². The molecular weight excluding hydrogens is 659 g/mol. The molecule has 0 aliphatic carbocycles. The van der Waals surface area contributed by atoms with Gasteiger partial charge in [-0.3, -0.25) is 14.5 Å². The molecule has 0 saturated carbocycles. The maximum Gasteiger partial charge on any atom is 0.453 e. The second-order valence-electron chi connectivity index (χ2n) is 12.2. The van der Waals surface area contributed by atoms with Crippen LogP contribution in [0.15, 0.2) is 24.4 Å². The molecule has 0 bridgehead atoms. The molecule has 0 radical (unpaired) electrons. The molecule has 18 heteroatoms. The van der Waals surface area contributed by atoms with Crippen LogP contribution < -0.4 is 20.3 Å². The van der Waals surface area contributed by atoms with Crippen molar-refractivity contribution in [3.63, 3.8) is 0 Å². The van der Waals surface area contributed by atoms with Crippen molar-refractivity contribution < 1.29 is 32.2 Å². The summed E-state index contributed by atoms with van der Waals surface area (Å²) in [5.41, 5.74) is 1.13. The lowest BCUT2D eigenvalue weighted by Gasteiger charge is -2.31. The topological polar surface area (TPSA) is 156 Å². The zero-order chi connectivity index (χ0) is 35.8. The van der Waals surface area contributed by atoms with E-state index in [1.165, 1.54) is 10.9 Å². The van der Waals surface area contributed by atoms with E-state index in [4.69, 9.17) is 9.47 Å². The van der Waals surface area contributed by atoms with E-state index in [2.05, 4.69) is 71.6 Å².